The van der Waals surface area contributed by atoms with Gasteiger partial charge in [-0.2, -0.15) is 0 Å². The van der Waals surface area contributed by atoms with Crippen molar-refractivity contribution in [2.75, 3.05) is 6.61 Å². The van der Waals surface area contributed by atoms with Crippen LogP contribution in [0, 0.1) is 13.8 Å². The normalized spacial score (nSPS) is 12.0. The van der Waals surface area contributed by atoms with Crippen molar-refractivity contribution in [3.05, 3.63) is 71.5 Å². The minimum absolute atomic E-state index is 0.0156. The van der Waals surface area contributed by atoms with Crippen LogP contribution in [0.5, 0.6) is 5.75 Å². The minimum atomic E-state index is -0.867. The lowest BCUT2D eigenvalue weighted by Gasteiger charge is -2.15. The van der Waals surface area contributed by atoms with Crippen LogP contribution in [-0.4, -0.2) is 33.3 Å². The zero-order chi connectivity index (χ0) is 21.5. The molecule has 1 atom stereocenters. The molecule has 0 saturated heterocycles. The van der Waals surface area contributed by atoms with Gasteiger partial charge in [-0.1, -0.05) is 48.0 Å². The molecule has 0 saturated carbocycles. The molecule has 0 amide bonds. The number of ether oxygens (including phenoxy) is 1. The van der Waals surface area contributed by atoms with E-state index < -0.39 is 5.97 Å². The maximum Gasteiger partial charge on any atom is 0.304 e. The number of hydrogen-bond donors (Lipinski definition) is 2. The lowest BCUT2D eigenvalue weighted by atomic mass is 10.1. The molecule has 0 unspecified atom stereocenters. The first kappa shape index (κ1) is 21.6. The number of carboxylic acid groups (broad SMARTS) is 1. The van der Waals surface area contributed by atoms with E-state index in [1.165, 1.54) is 5.56 Å². The van der Waals surface area contributed by atoms with Gasteiger partial charge in [0, 0.05) is 29.1 Å². The highest BCUT2D eigenvalue weighted by Gasteiger charge is 2.13. The third-order valence-electron chi connectivity index (χ3n) is 5.08. The van der Waals surface area contributed by atoms with Gasteiger partial charge in [-0.25, -0.2) is 4.98 Å². The van der Waals surface area contributed by atoms with Gasteiger partial charge in [-0.3, -0.25) is 4.79 Å². The number of aromatic nitrogens is 2. The Bertz CT molecular complexity index is 980. The molecule has 6 nitrogen and oxygen atoms in total. The molecule has 0 aliphatic heterocycles. The van der Waals surface area contributed by atoms with Crippen LogP contribution in [0.15, 0.2) is 54.7 Å². The van der Waals surface area contributed by atoms with Gasteiger partial charge in [0.05, 0.1) is 19.6 Å². The van der Waals surface area contributed by atoms with Crippen molar-refractivity contribution in [2.45, 2.75) is 45.7 Å². The lowest BCUT2D eigenvalue weighted by Crippen LogP contribution is -2.24. The van der Waals surface area contributed by atoms with Crippen LogP contribution >= 0.6 is 0 Å². The molecule has 1 heterocycles. The van der Waals surface area contributed by atoms with E-state index in [0.29, 0.717) is 26.0 Å². The van der Waals surface area contributed by atoms with Gasteiger partial charge in [-0.05, 0) is 32.8 Å². The number of nitrogens with two attached hydrogens (primary N) is 1. The summed E-state index contributed by atoms with van der Waals surface area (Å²) >= 11 is 0. The van der Waals surface area contributed by atoms with Gasteiger partial charge in [0.1, 0.15) is 11.6 Å². The second-order valence-electron chi connectivity index (χ2n) is 7.63. The highest BCUT2D eigenvalue weighted by atomic mass is 16.5. The first-order valence-electron chi connectivity index (χ1n) is 10.2. The summed E-state index contributed by atoms with van der Waals surface area (Å²) in [6, 6.07) is 16.0. The average Bonchev–Trinajstić information content (AvgIpc) is 3.07. The Morgan fingerprint density at radius 3 is 2.63 bits per heavy atom. The van der Waals surface area contributed by atoms with Gasteiger partial charge < -0.3 is 20.1 Å². The van der Waals surface area contributed by atoms with Crippen LogP contribution in [0.2, 0.25) is 0 Å². The molecule has 0 bridgehead atoms. The number of carboxylic acids is 1. The Labute approximate surface area is 177 Å². The van der Waals surface area contributed by atoms with Gasteiger partial charge >= 0.3 is 5.97 Å². The van der Waals surface area contributed by atoms with E-state index in [-0.39, 0.29) is 12.5 Å². The second-order valence-corrected chi connectivity index (χ2v) is 7.63. The van der Waals surface area contributed by atoms with E-state index in [9.17, 15) is 4.79 Å². The van der Waals surface area contributed by atoms with E-state index in [4.69, 9.17) is 15.6 Å². The zero-order valence-electron chi connectivity index (χ0n) is 17.5. The third-order valence-corrected chi connectivity index (χ3v) is 5.08. The number of aryl methyl sites for hydroxylation is 2. The smallest absolute Gasteiger partial charge is 0.304 e. The first-order chi connectivity index (χ1) is 14.4. The monoisotopic (exact) mass is 407 g/mol. The number of rotatable bonds is 10. The Morgan fingerprint density at radius 1 is 1.17 bits per heavy atom. The van der Waals surface area contributed by atoms with Gasteiger partial charge in [0.2, 0.25) is 0 Å². The molecule has 2 aromatic carbocycles. The molecule has 0 aliphatic rings. The Morgan fingerprint density at radius 2 is 1.90 bits per heavy atom. The van der Waals surface area contributed by atoms with Crippen molar-refractivity contribution in [2.24, 2.45) is 5.73 Å². The number of benzene rings is 2. The summed E-state index contributed by atoms with van der Waals surface area (Å²) in [5.74, 6) is 0.892. The highest BCUT2D eigenvalue weighted by molar-refractivity contribution is 5.67. The van der Waals surface area contributed by atoms with Crippen LogP contribution in [0.3, 0.4) is 0 Å². The first-order valence-corrected chi connectivity index (χ1v) is 10.2. The molecule has 3 N–H and O–H groups in total. The van der Waals surface area contributed by atoms with Crippen LogP contribution in [0.25, 0.3) is 11.4 Å². The summed E-state index contributed by atoms with van der Waals surface area (Å²) in [5, 5.41) is 8.80. The summed E-state index contributed by atoms with van der Waals surface area (Å²) < 4.78 is 8.20. The highest BCUT2D eigenvalue weighted by Crippen LogP contribution is 2.25. The van der Waals surface area contributed by atoms with Crippen molar-refractivity contribution in [1.29, 1.82) is 0 Å². The van der Waals surface area contributed by atoms with E-state index in [0.717, 1.165) is 28.4 Å². The fraction of sp³-hybridized carbons (Fsp3) is 0.333. The number of hydrogen-bond acceptors (Lipinski definition) is 4. The Kier molecular flexibility index (Phi) is 7.25. The summed E-state index contributed by atoms with van der Waals surface area (Å²) in [7, 11) is 0. The van der Waals surface area contributed by atoms with Crippen molar-refractivity contribution in [3.8, 4) is 17.1 Å². The number of imidazole rings is 1. The van der Waals surface area contributed by atoms with E-state index >= 15 is 0 Å². The third kappa shape index (κ3) is 5.70. The SMILES string of the molecule is Cc1ccc(-c2ncc(C)n2Cc2ccccc2OCCC[C@@H](N)CC(=O)O)cc1. The van der Waals surface area contributed by atoms with Crippen LogP contribution in [0.4, 0.5) is 0 Å². The summed E-state index contributed by atoms with van der Waals surface area (Å²) in [4.78, 5) is 15.3. The predicted molar refractivity (Wildman–Crippen MR) is 118 cm³/mol. The summed E-state index contributed by atoms with van der Waals surface area (Å²) in [6.07, 6.45) is 3.20. The van der Waals surface area contributed by atoms with Crippen molar-refractivity contribution in [1.82, 2.24) is 9.55 Å². The Hall–Kier alpha value is -3.12. The standard InChI is InChI=1S/C24H29N3O3/c1-17-9-11-19(12-10-17)24-26-15-18(2)27(24)16-20-6-3-4-8-22(20)30-13-5-7-21(25)14-23(28)29/h3-4,6,8-12,15,21H,5,7,13-14,16,25H2,1-2H3,(H,28,29)/t21-/m1/s1. The van der Waals surface area contributed by atoms with Gasteiger partial charge in [0.25, 0.3) is 0 Å². The number of aliphatic carboxylic acids is 1. The molecule has 3 aromatic rings. The summed E-state index contributed by atoms with van der Waals surface area (Å²) in [5.41, 5.74) is 10.3. The van der Waals surface area contributed by atoms with Crippen molar-refractivity contribution in [3.63, 3.8) is 0 Å². The fourth-order valence-electron chi connectivity index (χ4n) is 3.39. The number of para-hydroxylation sites is 1. The molecule has 0 aliphatic carbocycles. The van der Waals surface area contributed by atoms with Gasteiger partial charge in [-0.15, -0.1) is 0 Å². The van der Waals surface area contributed by atoms with Gasteiger partial charge in [0.15, 0.2) is 0 Å². The van der Waals surface area contributed by atoms with E-state index in [1.807, 2.05) is 24.4 Å². The molecule has 3 rings (SSSR count). The van der Waals surface area contributed by atoms with Crippen molar-refractivity contribution < 1.29 is 14.6 Å². The average molecular weight is 408 g/mol. The molecule has 158 valence electrons. The maximum absolute atomic E-state index is 10.7. The molecular formula is C24H29N3O3. The number of nitrogens with zero attached hydrogens (tertiary/aromatic N) is 2. The van der Waals surface area contributed by atoms with E-state index in [1.54, 1.807) is 0 Å². The maximum atomic E-state index is 10.7. The predicted octanol–water partition coefficient (Wildman–Crippen LogP) is 4.18. The topological polar surface area (TPSA) is 90.4 Å². The molecular weight excluding hydrogens is 378 g/mol. The molecule has 0 fully saturated rings. The van der Waals surface area contributed by atoms with E-state index in [2.05, 4.69) is 53.7 Å². The summed E-state index contributed by atoms with van der Waals surface area (Å²) in [6.45, 7) is 5.28. The molecule has 30 heavy (non-hydrogen) atoms. The molecule has 0 spiro atoms. The van der Waals surface area contributed by atoms with Crippen molar-refractivity contribution >= 4 is 5.97 Å². The lowest BCUT2D eigenvalue weighted by molar-refractivity contribution is -0.137. The second kappa shape index (κ2) is 10.1. The van der Waals surface area contributed by atoms with Crippen LogP contribution in [-0.2, 0) is 11.3 Å². The quantitative estimate of drug-likeness (QED) is 0.492. The zero-order valence-corrected chi connectivity index (χ0v) is 17.5. The largest absolute Gasteiger partial charge is 0.493 e. The molecule has 6 heteroatoms. The fourth-order valence-corrected chi connectivity index (χ4v) is 3.39. The van der Waals surface area contributed by atoms with Crippen LogP contribution < -0.4 is 10.5 Å². The Balaban J connectivity index is 1.69. The number of carbonyl (C=O) groups is 1. The minimum Gasteiger partial charge on any atom is -0.493 e. The molecule has 1 aromatic heterocycles. The molecule has 0 radical (unpaired) electrons. The van der Waals surface area contributed by atoms with Crippen LogP contribution in [0.1, 0.15) is 36.1 Å².